The van der Waals surface area contributed by atoms with Crippen molar-refractivity contribution in [1.82, 2.24) is 0 Å². The summed E-state index contributed by atoms with van der Waals surface area (Å²) in [6, 6.07) is 7.06. The van der Waals surface area contributed by atoms with E-state index in [0.29, 0.717) is 10.8 Å². The minimum atomic E-state index is -0.350. The zero-order chi connectivity index (χ0) is 13.6. The molecule has 2 N–H and O–H groups in total. The maximum Gasteiger partial charge on any atom is 0.134 e. The topological polar surface area (TPSA) is 39.2 Å². The number of benzene rings is 1. The molecule has 0 aliphatic rings. The smallest absolute Gasteiger partial charge is 0.134 e. The largest absolute Gasteiger partial charge is 0.459 e. The lowest BCUT2D eigenvalue weighted by Crippen LogP contribution is -2.09. The van der Waals surface area contributed by atoms with Crippen molar-refractivity contribution in [2.45, 2.75) is 13.0 Å². The molecule has 0 bridgehead atoms. The number of halogens is 2. The lowest BCUT2D eigenvalue weighted by molar-refractivity contribution is 0.528. The van der Waals surface area contributed by atoms with Gasteiger partial charge in [-0.1, -0.05) is 23.2 Å². The summed E-state index contributed by atoms with van der Waals surface area (Å²) in [5, 5.41) is 4.34. The van der Waals surface area contributed by atoms with Crippen molar-refractivity contribution in [3.8, 4) is 0 Å². The first-order valence-electron chi connectivity index (χ1n) is 5.74. The van der Waals surface area contributed by atoms with Crippen molar-refractivity contribution in [1.29, 1.82) is 0 Å². The summed E-state index contributed by atoms with van der Waals surface area (Å²) < 4.78 is 5.77. The van der Waals surface area contributed by atoms with Crippen LogP contribution in [0.15, 0.2) is 34.1 Å². The zero-order valence-electron chi connectivity index (χ0n) is 10.1. The highest BCUT2D eigenvalue weighted by atomic mass is 35.5. The fourth-order valence-electron chi connectivity index (χ4n) is 1.98. The average molecular weight is 312 g/mol. The summed E-state index contributed by atoms with van der Waals surface area (Å²) >= 11 is 13.8. The molecule has 19 heavy (non-hydrogen) atoms. The van der Waals surface area contributed by atoms with Gasteiger partial charge in [-0.2, -0.15) is 0 Å². The number of furan rings is 1. The number of fused-ring (bicyclic) bond motifs is 1. The highest BCUT2D eigenvalue weighted by Gasteiger charge is 2.19. The van der Waals surface area contributed by atoms with Gasteiger partial charge in [0, 0.05) is 15.3 Å². The molecule has 0 saturated carbocycles. The second kappa shape index (κ2) is 4.84. The van der Waals surface area contributed by atoms with Crippen molar-refractivity contribution in [3.05, 3.63) is 55.9 Å². The lowest BCUT2D eigenvalue weighted by atomic mass is 10.1. The van der Waals surface area contributed by atoms with Gasteiger partial charge in [0.05, 0.1) is 11.1 Å². The van der Waals surface area contributed by atoms with Crippen LogP contribution in [0.5, 0.6) is 0 Å². The third-order valence-corrected chi connectivity index (χ3v) is 5.04. The van der Waals surface area contributed by atoms with E-state index in [2.05, 4.69) is 0 Å². The molecule has 0 saturated heterocycles. The molecule has 1 unspecified atom stereocenters. The monoisotopic (exact) mass is 311 g/mol. The van der Waals surface area contributed by atoms with Gasteiger partial charge in [-0.15, -0.1) is 11.3 Å². The molecule has 2 nitrogen and oxygen atoms in total. The number of thiophene rings is 1. The quantitative estimate of drug-likeness (QED) is 0.710. The van der Waals surface area contributed by atoms with Crippen LogP contribution in [0.3, 0.4) is 0 Å². The molecule has 0 radical (unpaired) electrons. The maximum atomic E-state index is 6.25. The Bertz CT molecular complexity index is 747. The summed E-state index contributed by atoms with van der Waals surface area (Å²) in [6.45, 7) is 1.97. The number of rotatable bonds is 2. The molecule has 2 aromatic heterocycles. The number of hydrogen-bond acceptors (Lipinski definition) is 3. The third kappa shape index (κ3) is 2.28. The van der Waals surface area contributed by atoms with Gasteiger partial charge in [0.25, 0.3) is 0 Å². The Morgan fingerprint density at radius 3 is 2.74 bits per heavy atom. The van der Waals surface area contributed by atoms with Crippen LogP contribution in [0.4, 0.5) is 0 Å². The zero-order valence-corrected chi connectivity index (χ0v) is 12.4. The minimum absolute atomic E-state index is 0.350. The van der Waals surface area contributed by atoms with E-state index >= 15 is 0 Å². The van der Waals surface area contributed by atoms with Crippen molar-refractivity contribution in [3.63, 3.8) is 0 Å². The fraction of sp³-hybridized carbons (Fsp3) is 0.143. The van der Waals surface area contributed by atoms with Crippen LogP contribution in [0.2, 0.25) is 10.0 Å². The van der Waals surface area contributed by atoms with E-state index in [-0.39, 0.29) is 6.04 Å². The van der Waals surface area contributed by atoms with Crippen molar-refractivity contribution in [2.75, 3.05) is 0 Å². The molecular weight excluding hydrogens is 301 g/mol. The average Bonchev–Trinajstić information content (AvgIpc) is 2.93. The normalized spacial score (nSPS) is 13.1. The van der Waals surface area contributed by atoms with E-state index in [1.807, 2.05) is 30.5 Å². The van der Waals surface area contributed by atoms with Gasteiger partial charge in [-0.25, -0.2) is 0 Å². The van der Waals surface area contributed by atoms with E-state index in [4.69, 9.17) is 33.4 Å². The molecule has 3 aromatic rings. The Balaban J connectivity index is 2.06. The molecule has 0 aliphatic carbocycles. The predicted octanol–water partition coefficient (Wildman–Crippen LogP) is 5.16. The number of aryl methyl sites for hydroxylation is 1. The van der Waals surface area contributed by atoms with E-state index in [1.165, 1.54) is 0 Å². The van der Waals surface area contributed by atoms with Crippen LogP contribution in [0.1, 0.15) is 22.2 Å². The molecule has 2 heterocycles. The molecular formula is C14H11Cl2NOS. The van der Waals surface area contributed by atoms with Gasteiger partial charge < -0.3 is 10.2 Å². The first-order chi connectivity index (χ1) is 9.06. The highest BCUT2D eigenvalue weighted by molar-refractivity contribution is 7.10. The summed E-state index contributed by atoms with van der Waals surface area (Å²) in [5.74, 6) is 0.695. The fourth-order valence-corrected chi connectivity index (χ4v) is 3.48. The molecule has 5 heteroatoms. The lowest BCUT2D eigenvalue weighted by Gasteiger charge is -2.06. The van der Waals surface area contributed by atoms with Gasteiger partial charge in [-0.05, 0) is 42.1 Å². The molecule has 1 aromatic carbocycles. The minimum Gasteiger partial charge on any atom is -0.459 e. The van der Waals surface area contributed by atoms with Gasteiger partial charge >= 0.3 is 0 Å². The van der Waals surface area contributed by atoms with Crippen LogP contribution in [-0.2, 0) is 0 Å². The second-order valence-corrected chi connectivity index (χ2v) is 6.13. The predicted molar refractivity (Wildman–Crippen MR) is 81.3 cm³/mol. The summed E-state index contributed by atoms with van der Waals surface area (Å²) in [6.07, 6.45) is 0. The van der Waals surface area contributed by atoms with Crippen LogP contribution in [0, 0.1) is 6.92 Å². The van der Waals surface area contributed by atoms with Crippen molar-refractivity contribution >= 4 is 45.5 Å². The molecule has 0 fully saturated rings. The highest BCUT2D eigenvalue weighted by Crippen LogP contribution is 2.36. The third-order valence-electron chi connectivity index (χ3n) is 3.01. The molecule has 0 spiro atoms. The van der Waals surface area contributed by atoms with Gasteiger partial charge in [0.15, 0.2) is 0 Å². The Morgan fingerprint density at radius 2 is 2.05 bits per heavy atom. The first kappa shape index (κ1) is 13.0. The SMILES string of the molecule is Cc1csc(C(N)c2cc3cc(Cl)ccc3o2)c1Cl. The van der Waals surface area contributed by atoms with Crippen LogP contribution in [0.25, 0.3) is 11.0 Å². The Morgan fingerprint density at radius 1 is 1.26 bits per heavy atom. The maximum absolute atomic E-state index is 6.25. The molecule has 1 atom stereocenters. The number of hydrogen-bond donors (Lipinski definition) is 1. The Labute approximate surface area is 124 Å². The molecule has 0 aliphatic heterocycles. The molecule has 0 amide bonds. The van der Waals surface area contributed by atoms with Crippen LogP contribution < -0.4 is 5.73 Å². The molecule has 3 rings (SSSR count). The van der Waals surface area contributed by atoms with Crippen molar-refractivity contribution in [2.24, 2.45) is 5.73 Å². The Kier molecular flexibility index (Phi) is 3.31. The van der Waals surface area contributed by atoms with Crippen LogP contribution in [-0.4, -0.2) is 0 Å². The van der Waals surface area contributed by atoms with Gasteiger partial charge in [0.1, 0.15) is 11.3 Å². The van der Waals surface area contributed by atoms with E-state index in [9.17, 15) is 0 Å². The summed E-state index contributed by atoms with van der Waals surface area (Å²) in [5.41, 5.74) is 8.05. The van der Waals surface area contributed by atoms with Crippen LogP contribution >= 0.6 is 34.5 Å². The van der Waals surface area contributed by atoms with Gasteiger partial charge in [0.2, 0.25) is 0 Å². The standard InChI is InChI=1S/C14H11Cl2NOS/c1-7-6-19-14(12(7)16)13(17)11-5-8-4-9(15)2-3-10(8)18-11/h2-6,13H,17H2,1H3. The van der Waals surface area contributed by atoms with Gasteiger partial charge in [-0.3, -0.25) is 0 Å². The second-order valence-electron chi connectivity index (χ2n) is 4.41. The number of nitrogens with two attached hydrogens (primary N) is 1. The molecule has 98 valence electrons. The van der Waals surface area contributed by atoms with E-state index < -0.39 is 0 Å². The van der Waals surface area contributed by atoms with E-state index in [1.54, 1.807) is 17.4 Å². The first-order valence-corrected chi connectivity index (χ1v) is 7.38. The van der Waals surface area contributed by atoms with E-state index in [0.717, 1.165) is 26.4 Å². The van der Waals surface area contributed by atoms with Crippen molar-refractivity contribution < 1.29 is 4.42 Å². The Hall–Kier alpha value is -1.00. The summed E-state index contributed by atoms with van der Waals surface area (Å²) in [4.78, 5) is 0.921. The summed E-state index contributed by atoms with van der Waals surface area (Å²) in [7, 11) is 0.